The fourth-order valence-electron chi connectivity index (χ4n) is 6.07. The maximum absolute atomic E-state index is 5.05. The van der Waals surface area contributed by atoms with Crippen LogP contribution in [-0.4, -0.2) is 75.5 Å². The number of aliphatic imine (C=N–C) groups is 2. The fourth-order valence-corrected chi connectivity index (χ4v) is 6.07. The van der Waals surface area contributed by atoms with Gasteiger partial charge in [-0.2, -0.15) is 0 Å². The highest BCUT2D eigenvalue weighted by Crippen LogP contribution is 2.42. The highest BCUT2D eigenvalue weighted by molar-refractivity contribution is 5.84. The largest absolute Gasteiger partial charge is 0.373 e. The van der Waals surface area contributed by atoms with Crippen LogP contribution in [0.3, 0.4) is 0 Å². The van der Waals surface area contributed by atoms with Crippen molar-refractivity contribution in [1.82, 2.24) is 20.9 Å². The number of likely N-dealkylation sites (N-methyl/N-ethyl adjacent to an activating group) is 1. The predicted molar refractivity (Wildman–Crippen MR) is 190 cm³/mol. The Morgan fingerprint density at radius 1 is 1.19 bits per heavy atom. The van der Waals surface area contributed by atoms with Gasteiger partial charge in [-0.3, -0.25) is 14.9 Å². The second-order valence-electron chi connectivity index (χ2n) is 12.7. The van der Waals surface area contributed by atoms with Crippen LogP contribution in [0.4, 0.5) is 0 Å². The zero-order valence-electron chi connectivity index (χ0n) is 28.8. The number of nitrogens with zero attached hydrogens (tertiary/aromatic N) is 3. The molecule has 0 radical (unpaired) electrons. The van der Waals surface area contributed by atoms with Gasteiger partial charge in [0.15, 0.2) is 0 Å². The van der Waals surface area contributed by atoms with E-state index in [1.807, 2.05) is 14.1 Å². The highest BCUT2D eigenvalue weighted by atomic mass is 15.2. The van der Waals surface area contributed by atoms with E-state index in [-0.39, 0.29) is 11.5 Å². The van der Waals surface area contributed by atoms with E-state index in [1.165, 1.54) is 6.42 Å². The lowest BCUT2D eigenvalue weighted by Gasteiger charge is -2.32. The molecule has 0 bridgehead atoms. The summed E-state index contributed by atoms with van der Waals surface area (Å²) < 4.78 is 0. The van der Waals surface area contributed by atoms with Gasteiger partial charge in [-0.05, 0) is 77.3 Å². The summed E-state index contributed by atoms with van der Waals surface area (Å²) in [6, 6.07) is 0.585. The molecule has 43 heavy (non-hydrogen) atoms. The Kier molecular flexibility index (Phi) is 17.5. The normalized spacial score (nSPS) is 28.6. The molecule has 0 aromatic carbocycles. The lowest BCUT2D eigenvalue weighted by atomic mass is 9.76. The molecule has 6 nitrogen and oxygen atoms in total. The SMILES string of the molecule is C/C=C\C=C\[C@H](CN(CCC)CC1=NCCCC(C/C=C\CC2C=CC(C)(CNC(CC)=NC)C2C)/C=C\[C@@H](C)N1)NC. The van der Waals surface area contributed by atoms with Crippen molar-refractivity contribution in [1.29, 1.82) is 0 Å². The van der Waals surface area contributed by atoms with Crippen molar-refractivity contribution in [2.45, 2.75) is 92.2 Å². The molecule has 1 aliphatic carbocycles. The minimum Gasteiger partial charge on any atom is -0.373 e. The van der Waals surface area contributed by atoms with E-state index >= 15 is 0 Å². The van der Waals surface area contributed by atoms with Gasteiger partial charge in [-0.25, -0.2) is 0 Å². The standard InChI is InChI=1S/C37H64N6/c1-9-12-13-20-34(38-7)27-43(26-10-2)28-36-40-25-16-18-32(22-21-30(4)42-36)17-14-15-19-33-23-24-37(6,31(33)5)29-41-35(11-3)39-8/h9,12-15,20-24,30-34,38H,10-11,16-19,25-29H2,1-8H3,(H,39,41)(H,40,42)/b12-9-,15-14-,20-13+,22-21-/t30-,31?,32?,33?,34-,37?/m1/s1. The molecule has 6 atom stereocenters. The Hall–Kier alpha value is -2.44. The zero-order valence-corrected chi connectivity index (χ0v) is 28.8. The van der Waals surface area contributed by atoms with Crippen LogP contribution < -0.4 is 16.0 Å². The molecule has 6 heteroatoms. The summed E-state index contributed by atoms with van der Waals surface area (Å²) in [4.78, 5) is 11.9. The molecule has 1 aliphatic heterocycles. The minimum absolute atomic E-state index is 0.177. The van der Waals surface area contributed by atoms with Gasteiger partial charge in [0, 0.05) is 50.6 Å². The maximum Gasteiger partial charge on any atom is 0.111 e. The Labute approximate surface area is 265 Å². The van der Waals surface area contributed by atoms with Gasteiger partial charge in [-0.1, -0.05) is 88.5 Å². The number of nitrogens with one attached hydrogen (secondary N) is 3. The summed E-state index contributed by atoms with van der Waals surface area (Å²) in [5, 5.41) is 10.7. The molecule has 2 rings (SSSR count). The summed E-state index contributed by atoms with van der Waals surface area (Å²) in [6.45, 7) is 18.2. The van der Waals surface area contributed by atoms with Gasteiger partial charge in [0.2, 0.25) is 0 Å². The quantitative estimate of drug-likeness (QED) is 0.0785. The van der Waals surface area contributed by atoms with Crippen molar-refractivity contribution in [3.63, 3.8) is 0 Å². The molecular formula is C37H64N6. The smallest absolute Gasteiger partial charge is 0.111 e. The Bertz CT molecular complexity index is 989. The Balaban J connectivity index is 1.87. The third-order valence-electron chi connectivity index (χ3n) is 9.19. The summed E-state index contributed by atoms with van der Waals surface area (Å²) in [5.41, 5.74) is 0.177. The van der Waals surface area contributed by atoms with Crippen LogP contribution in [0.15, 0.2) is 70.7 Å². The van der Waals surface area contributed by atoms with E-state index in [0.29, 0.717) is 23.8 Å². The molecule has 0 amide bonds. The molecule has 0 aromatic heterocycles. The van der Waals surface area contributed by atoms with E-state index in [1.54, 1.807) is 0 Å². The van der Waals surface area contributed by atoms with Crippen LogP contribution in [-0.2, 0) is 0 Å². The van der Waals surface area contributed by atoms with E-state index < -0.39 is 0 Å². The average Bonchev–Trinajstić information content (AvgIpc) is 3.28. The number of hydrogen-bond acceptors (Lipinski definition) is 5. The molecule has 0 spiro atoms. The highest BCUT2D eigenvalue weighted by Gasteiger charge is 2.37. The monoisotopic (exact) mass is 593 g/mol. The van der Waals surface area contributed by atoms with E-state index in [2.05, 4.69) is 128 Å². The number of amidine groups is 2. The first kappa shape index (κ1) is 36.8. The lowest BCUT2D eigenvalue weighted by Crippen LogP contribution is -2.45. The number of hydrogen-bond donors (Lipinski definition) is 3. The number of allylic oxidation sites excluding steroid dienone is 7. The third kappa shape index (κ3) is 13.4. The fraction of sp³-hybridized carbons (Fsp3) is 0.676. The maximum atomic E-state index is 5.05. The summed E-state index contributed by atoms with van der Waals surface area (Å²) in [5.74, 6) is 3.99. The van der Waals surface area contributed by atoms with Gasteiger partial charge >= 0.3 is 0 Å². The van der Waals surface area contributed by atoms with Crippen molar-refractivity contribution < 1.29 is 0 Å². The van der Waals surface area contributed by atoms with Gasteiger partial charge in [0.05, 0.1) is 12.4 Å². The van der Waals surface area contributed by atoms with E-state index in [0.717, 1.165) is 76.5 Å². The molecule has 0 fully saturated rings. The van der Waals surface area contributed by atoms with Gasteiger partial charge in [0.25, 0.3) is 0 Å². The summed E-state index contributed by atoms with van der Waals surface area (Å²) in [6.07, 6.45) is 29.7. The van der Waals surface area contributed by atoms with E-state index in [9.17, 15) is 0 Å². The molecule has 3 N–H and O–H groups in total. The molecule has 0 aromatic rings. The molecule has 1 heterocycles. The van der Waals surface area contributed by atoms with Crippen LogP contribution in [0.5, 0.6) is 0 Å². The first-order valence-electron chi connectivity index (χ1n) is 17.0. The zero-order chi connectivity index (χ0) is 31.5. The average molecular weight is 593 g/mol. The van der Waals surface area contributed by atoms with Gasteiger partial charge < -0.3 is 16.0 Å². The Morgan fingerprint density at radius 2 is 1.98 bits per heavy atom. The molecular weight excluding hydrogens is 528 g/mol. The topological polar surface area (TPSA) is 64.0 Å². The van der Waals surface area contributed by atoms with Crippen molar-refractivity contribution >= 4 is 11.7 Å². The molecule has 0 saturated carbocycles. The van der Waals surface area contributed by atoms with Gasteiger partial charge in [-0.15, -0.1) is 0 Å². The summed E-state index contributed by atoms with van der Waals surface area (Å²) in [7, 11) is 3.92. The van der Waals surface area contributed by atoms with Crippen LogP contribution in [0.1, 0.15) is 80.1 Å². The van der Waals surface area contributed by atoms with Crippen LogP contribution in [0.2, 0.25) is 0 Å². The van der Waals surface area contributed by atoms with Crippen molar-refractivity contribution in [2.75, 3.05) is 46.8 Å². The van der Waals surface area contributed by atoms with Gasteiger partial charge in [0.1, 0.15) is 5.84 Å². The lowest BCUT2D eigenvalue weighted by molar-refractivity contribution is 0.247. The van der Waals surface area contributed by atoms with Crippen LogP contribution in [0.25, 0.3) is 0 Å². The third-order valence-corrected chi connectivity index (χ3v) is 9.19. The first-order valence-corrected chi connectivity index (χ1v) is 17.0. The van der Waals surface area contributed by atoms with E-state index in [4.69, 9.17) is 4.99 Å². The van der Waals surface area contributed by atoms with Crippen molar-refractivity contribution in [3.05, 3.63) is 60.8 Å². The number of rotatable bonds is 16. The van der Waals surface area contributed by atoms with Crippen LogP contribution >= 0.6 is 0 Å². The molecule has 0 saturated heterocycles. The second kappa shape index (κ2) is 20.5. The summed E-state index contributed by atoms with van der Waals surface area (Å²) >= 11 is 0. The first-order chi connectivity index (χ1) is 20.8. The van der Waals surface area contributed by atoms with Crippen LogP contribution in [0, 0.1) is 23.2 Å². The molecule has 2 aliphatic rings. The second-order valence-corrected chi connectivity index (χ2v) is 12.7. The molecule has 242 valence electrons. The van der Waals surface area contributed by atoms with Crippen molar-refractivity contribution in [2.24, 2.45) is 33.2 Å². The minimum atomic E-state index is 0.177. The van der Waals surface area contributed by atoms with Crippen molar-refractivity contribution in [3.8, 4) is 0 Å². The predicted octanol–water partition coefficient (Wildman–Crippen LogP) is 6.95. The molecule has 4 unspecified atom stereocenters. The Morgan fingerprint density at radius 3 is 2.67 bits per heavy atom.